The lowest BCUT2D eigenvalue weighted by molar-refractivity contribution is -0.00711. The third-order valence-electron chi connectivity index (χ3n) is 2.78. The van der Waals surface area contributed by atoms with Crippen LogP contribution in [0.3, 0.4) is 0 Å². The number of hydrogen-bond acceptors (Lipinski definition) is 2. The fourth-order valence-corrected chi connectivity index (χ4v) is 2.08. The lowest BCUT2D eigenvalue weighted by atomic mass is 9.96. The monoisotopic (exact) mass is 220 g/mol. The molecule has 0 saturated carbocycles. The Morgan fingerprint density at radius 2 is 2.12 bits per heavy atom. The lowest BCUT2D eigenvalue weighted by Crippen LogP contribution is -2.45. The summed E-state index contributed by atoms with van der Waals surface area (Å²) in [6.07, 6.45) is 1.78. The van der Waals surface area contributed by atoms with Gasteiger partial charge in [0.1, 0.15) is 6.10 Å². The van der Waals surface area contributed by atoms with Gasteiger partial charge in [-0.15, -0.1) is 0 Å². The fourth-order valence-electron chi connectivity index (χ4n) is 2.08. The molecule has 1 aromatic carbocycles. The Kier molecular flexibility index (Phi) is 3.41. The number of benzene rings is 1. The maximum absolute atomic E-state index is 10.9. The molecule has 1 aliphatic heterocycles. The largest absolute Gasteiger partial charge is 0.371 e. The Balaban J connectivity index is 2.13. The van der Waals surface area contributed by atoms with Crippen molar-refractivity contribution in [3.63, 3.8) is 0 Å². The summed E-state index contributed by atoms with van der Waals surface area (Å²) < 4.78 is 5.71. The van der Waals surface area contributed by atoms with Crippen molar-refractivity contribution in [1.82, 2.24) is 5.32 Å². The molecule has 86 valence electrons. The molecular formula is C12H16N2O2. The number of amides is 2. The van der Waals surface area contributed by atoms with Gasteiger partial charge < -0.3 is 15.8 Å². The summed E-state index contributed by atoms with van der Waals surface area (Å²) >= 11 is 0. The summed E-state index contributed by atoms with van der Waals surface area (Å²) in [5.41, 5.74) is 6.24. The number of carbonyl (C=O) groups is 1. The first-order valence-corrected chi connectivity index (χ1v) is 5.50. The standard InChI is InChI=1S/C12H16N2O2/c13-12(15)14-10-7-4-8-16-11(10)9-5-2-1-3-6-9/h1-3,5-6,10-11H,4,7-8H2,(H3,13,14,15). The molecule has 1 fully saturated rings. The number of urea groups is 1. The molecule has 2 rings (SSSR count). The van der Waals surface area contributed by atoms with Gasteiger partial charge in [-0.05, 0) is 18.4 Å². The van der Waals surface area contributed by atoms with Crippen molar-refractivity contribution in [3.8, 4) is 0 Å². The molecule has 4 nitrogen and oxygen atoms in total. The molecule has 0 bridgehead atoms. The maximum Gasteiger partial charge on any atom is 0.312 e. The summed E-state index contributed by atoms with van der Waals surface area (Å²) in [5, 5.41) is 2.74. The van der Waals surface area contributed by atoms with Gasteiger partial charge in [0.25, 0.3) is 0 Å². The van der Waals surface area contributed by atoms with E-state index in [9.17, 15) is 4.79 Å². The van der Waals surface area contributed by atoms with Crippen LogP contribution in [0.5, 0.6) is 0 Å². The first kappa shape index (κ1) is 11.0. The first-order valence-electron chi connectivity index (χ1n) is 5.50. The zero-order valence-corrected chi connectivity index (χ0v) is 9.06. The van der Waals surface area contributed by atoms with Crippen LogP contribution >= 0.6 is 0 Å². The molecule has 16 heavy (non-hydrogen) atoms. The van der Waals surface area contributed by atoms with E-state index in [4.69, 9.17) is 10.5 Å². The Labute approximate surface area is 94.8 Å². The zero-order valence-electron chi connectivity index (χ0n) is 9.06. The molecule has 0 radical (unpaired) electrons. The molecule has 0 spiro atoms. The number of primary amides is 1. The van der Waals surface area contributed by atoms with E-state index in [1.807, 2.05) is 30.3 Å². The average molecular weight is 220 g/mol. The van der Waals surface area contributed by atoms with Gasteiger partial charge in [0.05, 0.1) is 6.04 Å². The second-order valence-corrected chi connectivity index (χ2v) is 3.96. The number of rotatable bonds is 2. The maximum atomic E-state index is 10.9. The van der Waals surface area contributed by atoms with Crippen LogP contribution in [-0.2, 0) is 4.74 Å². The number of nitrogens with one attached hydrogen (secondary N) is 1. The smallest absolute Gasteiger partial charge is 0.312 e. The van der Waals surface area contributed by atoms with Crippen molar-refractivity contribution in [2.45, 2.75) is 25.0 Å². The van der Waals surface area contributed by atoms with E-state index in [1.54, 1.807) is 0 Å². The van der Waals surface area contributed by atoms with Gasteiger partial charge in [-0.3, -0.25) is 0 Å². The van der Waals surface area contributed by atoms with Gasteiger partial charge in [0.15, 0.2) is 0 Å². The summed E-state index contributed by atoms with van der Waals surface area (Å²) in [7, 11) is 0. The van der Waals surface area contributed by atoms with Crippen LogP contribution in [0.4, 0.5) is 4.79 Å². The molecule has 4 heteroatoms. The second kappa shape index (κ2) is 4.99. The van der Waals surface area contributed by atoms with Gasteiger partial charge in [-0.2, -0.15) is 0 Å². The van der Waals surface area contributed by atoms with Gasteiger partial charge in [-0.25, -0.2) is 4.79 Å². The minimum Gasteiger partial charge on any atom is -0.371 e. The zero-order chi connectivity index (χ0) is 11.4. The third kappa shape index (κ3) is 2.52. The quantitative estimate of drug-likeness (QED) is 0.794. The minimum atomic E-state index is -0.489. The van der Waals surface area contributed by atoms with Crippen molar-refractivity contribution in [2.24, 2.45) is 5.73 Å². The van der Waals surface area contributed by atoms with E-state index in [1.165, 1.54) is 0 Å². The minimum absolute atomic E-state index is 0.0198. The number of carbonyl (C=O) groups excluding carboxylic acids is 1. The number of hydrogen-bond donors (Lipinski definition) is 2. The summed E-state index contributed by atoms with van der Waals surface area (Å²) in [6.45, 7) is 0.733. The van der Waals surface area contributed by atoms with Crippen LogP contribution in [-0.4, -0.2) is 18.7 Å². The third-order valence-corrected chi connectivity index (χ3v) is 2.78. The first-order chi connectivity index (χ1) is 7.77. The van der Waals surface area contributed by atoms with Gasteiger partial charge in [0.2, 0.25) is 0 Å². The molecule has 0 aliphatic carbocycles. The average Bonchev–Trinajstić information content (AvgIpc) is 2.30. The molecule has 3 N–H and O–H groups in total. The summed E-state index contributed by atoms with van der Waals surface area (Å²) in [5.74, 6) is 0. The van der Waals surface area contributed by atoms with E-state index >= 15 is 0 Å². The van der Waals surface area contributed by atoms with Crippen molar-refractivity contribution in [3.05, 3.63) is 35.9 Å². The van der Waals surface area contributed by atoms with Crippen molar-refractivity contribution in [2.75, 3.05) is 6.61 Å². The summed E-state index contributed by atoms with van der Waals surface area (Å²) in [4.78, 5) is 10.9. The van der Waals surface area contributed by atoms with Gasteiger partial charge in [0, 0.05) is 6.61 Å². The highest BCUT2D eigenvalue weighted by Crippen LogP contribution is 2.27. The Hall–Kier alpha value is -1.55. The Morgan fingerprint density at radius 1 is 1.38 bits per heavy atom. The second-order valence-electron chi connectivity index (χ2n) is 3.96. The summed E-state index contributed by atoms with van der Waals surface area (Å²) in [6, 6.07) is 9.40. The lowest BCUT2D eigenvalue weighted by Gasteiger charge is -2.32. The van der Waals surface area contributed by atoms with E-state index in [-0.39, 0.29) is 12.1 Å². The molecule has 1 saturated heterocycles. The fraction of sp³-hybridized carbons (Fsp3) is 0.417. The van der Waals surface area contributed by atoms with Crippen molar-refractivity contribution in [1.29, 1.82) is 0 Å². The molecule has 1 aromatic rings. The van der Waals surface area contributed by atoms with Gasteiger partial charge in [-0.1, -0.05) is 30.3 Å². The number of nitrogens with two attached hydrogens (primary N) is 1. The Morgan fingerprint density at radius 3 is 2.81 bits per heavy atom. The molecular weight excluding hydrogens is 204 g/mol. The van der Waals surface area contributed by atoms with Crippen LogP contribution in [0, 0.1) is 0 Å². The number of ether oxygens (including phenoxy) is 1. The van der Waals surface area contributed by atoms with Crippen LogP contribution in [0.15, 0.2) is 30.3 Å². The van der Waals surface area contributed by atoms with Crippen LogP contribution in [0.1, 0.15) is 24.5 Å². The molecule has 2 unspecified atom stereocenters. The molecule has 0 aromatic heterocycles. The highest BCUT2D eigenvalue weighted by Gasteiger charge is 2.27. The Bertz CT molecular complexity index is 353. The molecule has 1 aliphatic rings. The van der Waals surface area contributed by atoms with E-state index in [0.29, 0.717) is 0 Å². The van der Waals surface area contributed by atoms with Crippen molar-refractivity contribution >= 4 is 6.03 Å². The van der Waals surface area contributed by atoms with Gasteiger partial charge >= 0.3 is 6.03 Å². The normalized spacial score (nSPS) is 25.0. The highest BCUT2D eigenvalue weighted by atomic mass is 16.5. The van der Waals surface area contributed by atoms with E-state index in [0.717, 1.165) is 25.0 Å². The predicted octanol–water partition coefficient (Wildman–Crippen LogP) is 1.57. The predicted molar refractivity (Wildman–Crippen MR) is 60.9 cm³/mol. The highest BCUT2D eigenvalue weighted by molar-refractivity contribution is 5.72. The topological polar surface area (TPSA) is 64.4 Å². The van der Waals surface area contributed by atoms with E-state index < -0.39 is 6.03 Å². The molecule has 2 amide bonds. The SMILES string of the molecule is NC(=O)NC1CCCOC1c1ccccc1. The van der Waals surface area contributed by atoms with Crippen LogP contribution < -0.4 is 11.1 Å². The molecule has 2 atom stereocenters. The van der Waals surface area contributed by atoms with Crippen LogP contribution in [0.25, 0.3) is 0 Å². The molecule has 1 heterocycles. The van der Waals surface area contributed by atoms with E-state index in [2.05, 4.69) is 5.32 Å². The van der Waals surface area contributed by atoms with Crippen LogP contribution in [0.2, 0.25) is 0 Å². The van der Waals surface area contributed by atoms with Crippen molar-refractivity contribution < 1.29 is 9.53 Å².